The highest BCUT2D eigenvalue weighted by atomic mass is 19.4. The molecular formula is C21H17F4N7O. The van der Waals surface area contributed by atoms with Crippen LogP contribution in [0, 0.1) is 17.2 Å². The van der Waals surface area contributed by atoms with Crippen LogP contribution in [0.15, 0.2) is 43.0 Å². The van der Waals surface area contributed by atoms with Crippen molar-refractivity contribution in [3.05, 3.63) is 60.1 Å². The number of carbonyl (C=O) groups excluding carboxylic acids is 1. The van der Waals surface area contributed by atoms with Crippen molar-refractivity contribution < 1.29 is 22.4 Å². The largest absolute Gasteiger partial charge is 0.434 e. The highest BCUT2D eigenvalue weighted by Gasteiger charge is 2.75. The number of para-hydroxylation sites is 1. The van der Waals surface area contributed by atoms with E-state index in [2.05, 4.69) is 25.5 Å². The first-order chi connectivity index (χ1) is 15.8. The lowest BCUT2D eigenvalue weighted by molar-refractivity contribution is -0.141. The Bertz CT molecular complexity index is 1230. The first kappa shape index (κ1) is 20.1. The summed E-state index contributed by atoms with van der Waals surface area (Å²) in [6.07, 6.45) is 1.75. The van der Waals surface area contributed by atoms with E-state index in [4.69, 9.17) is 0 Å². The zero-order chi connectivity index (χ0) is 23.0. The molecule has 6 rings (SSSR count). The molecule has 3 aliphatic rings. The summed E-state index contributed by atoms with van der Waals surface area (Å²) < 4.78 is 52.9. The number of halogens is 4. The van der Waals surface area contributed by atoms with E-state index in [-0.39, 0.29) is 40.5 Å². The summed E-state index contributed by atoms with van der Waals surface area (Å²) in [6.45, 7) is 0.545. The summed E-state index contributed by atoms with van der Waals surface area (Å²) in [4.78, 5) is 23.6. The number of likely N-dealkylation sites (tertiary alicyclic amines) is 1. The summed E-state index contributed by atoms with van der Waals surface area (Å²) >= 11 is 0. The van der Waals surface area contributed by atoms with Crippen molar-refractivity contribution in [3.63, 3.8) is 0 Å². The number of hydrogen-bond acceptors (Lipinski definition) is 6. The van der Waals surface area contributed by atoms with Crippen LogP contribution in [0.5, 0.6) is 0 Å². The van der Waals surface area contributed by atoms with Crippen molar-refractivity contribution in [1.82, 2.24) is 29.9 Å². The smallest absolute Gasteiger partial charge is 0.364 e. The van der Waals surface area contributed by atoms with Crippen LogP contribution in [0.2, 0.25) is 0 Å². The molecule has 1 N–H and O–H groups in total. The van der Waals surface area contributed by atoms with Gasteiger partial charge in [0.15, 0.2) is 11.5 Å². The van der Waals surface area contributed by atoms with Crippen molar-refractivity contribution in [2.45, 2.75) is 31.1 Å². The highest BCUT2D eigenvalue weighted by molar-refractivity contribution is 5.98. The van der Waals surface area contributed by atoms with Crippen molar-refractivity contribution >= 4 is 11.7 Å². The molecule has 4 atom stereocenters. The zero-order valence-corrected chi connectivity index (χ0v) is 17.0. The monoisotopic (exact) mass is 459 g/mol. The number of piperidine rings is 1. The maximum atomic E-state index is 14.6. The number of nitrogens with one attached hydrogen (secondary N) is 1. The molecular weight excluding hydrogens is 442 g/mol. The standard InChI is InChI=1S/C21H17F4N7O/c22-13-3-1-2-12(17(13)32-28-4-5-29-32)19(33)31-10-11-6-20(11)7-14(18(20)31)30-16-9-26-15(8-27-16)21(23,24)25/h1-5,8-9,11,14,18H,6-7,10H2,(H,27,30). The number of anilines is 1. The Labute approximate surface area is 184 Å². The summed E-state index contributed by atoms with van der Waals surface area (Å²) in [6, 6.07) is 3.91. The molecule has 2 saturated carbocycles. The minimum Gasteiger partial charge on any atom is -0.364 e. The molecule has 2 aliphatic carbocycles. The quantitative estimate of drug-likeness (QED) is 0.604. The lowest BCUT2D eigenvalue weighted by Gasteiger charge is -2.48. The Kier molecular flexibility index (Phi) is 4.08. The average molecular weight is 459 g/mol. The van der Waals surface area contributed by atoms with Crippen molar-refractivity contribution in [2.24, 2.45) is 11.3 Å². The van der Waals surface area contributed by atoms with E-state index < -0.39 is 17.7 Å². The topological polar surface area (TPSA) is 88.8 Å². The van der Waals surface area contributed by atoms with Gasteiger partial charge in [0.2, 0.25) is 0 Å². The van der Waals surface area contributed by atoms with Crippen LogP contribution in [-0.4, -0.2) is 54.4 Å². The Balaban J connectivity index is 1.26. The van der Waals surface area contributed by atoms with Gasteiger partial charge in [-0.3, -0.25) is 4.79 Å². The van der Waals surface area contributed by atoms with E-state index in [0.29, 0.717) is 18.7 Å². The molecule has 1 spiro atoms. The Morgan fingerprint density at radius 2 is 1.91 bits per heavy atom. The molecule has 1 amide bonds. The lowest BCUT2D eigenvalue weighted by Crippen LogP contribution is -2.60. The second-order valence-electron chi connectivity index (χ2n) is 8.73. The minimum atomic E-state index is -4.56. The van der Waals surface area contributed by atoms with Crippen LogP contribution < -0.4 is 5.32 Å². The van der Waals surface area contributed by atoms with Gasteiger partial charge in [0.25, 0.3) is 5.91 Å². The number of hydrogen-bond donors (Lipinski definition) is 1. The fourth-order valence-corrected chi connectivity index (χ4v) is 5.47. The number of nitrogens with zero attached hydrogens (tertiary/aromatic N) is 6. The van der Waals surface area contributed by atoms with Crippen molar-refractivity contribution in [3.8, 4) is 5.69 Å². The molecule has 3 fully saturated rings. The number of aromatic nitrogens is 5. The Hall–Kier alpha value is -3.57. The molecule has 1 aliphatic heterocycles. The van der Waals surface area contributed by atoms with E-state index in [1.54, 1.807) is 11.0 Å². The van der Waals surface area contributed by atoms with Gasteiger partial charge in [0, 0.05) is 12.6 Å². The SMILES string of the molecule is O=C(c1cccc(F)c1-n1nccn1)N1CC2CC23CC(Nc2cnc(C(F)(F)F)cn2)C13. The second-order valence-corrected chi connectivity index (χ2v) is 8.73. The van der Waals surface area contributed by atoms with Crippen LogP contribution in [0.3, 0.4) is 0 Å². The van der Waals surface area contributed by atoms with E-state index in [0.717, 1.165) is 23.8 Å². The first-order valence-corrected chi connectivity index (χ1v) is 10.4. The molecule has 3 aromatic rings. The molecule has 1 saturated heterocycles. The maximum absolute atomic E-state index is 14.6. The van der Waals surface area contributed by atoms with Crippen molar-refractivity contribution in [1.29, 1.82) is 0 Å². The second kappa shape index (κ2) is 6.72. The van der Waals surface area contributed by atoms with E-state index in [1.165, 1.54) is 24.5 Å². The third-order valence-corrected chi connectivity index (χ3v) is 6.97. The van der Waals surface area contributed by atoms with Gasteiger partial charge in [0.05, 0.1) is 36.4 Å². The molecule has 12 heteroatoms. The van der Waals surface area contributed by atoms with Gasteiger partial charge in [-0.25, -0.2) is 14.4 Å². The zero-order valence-electron chi connectivity index (χ0n) is 17.0. The van der Waals surface area contributed by atoms with Gasteiger partial charge in [0.1, 0.15) is 11.5 Å². The van der Waals surface area contributed by atoms with Gasteiger partial charge < -0.3 is 10.2 Å². The Morgan fingerprint density at radius 1 is 1.12 bits per heavy atom. The van der Waals surface area contributed by atoms with Crippen LogP contribution in [0.4, 0.5) is 23.4 Å². The molecule has 170 valence electrons. The number of amides is 1. The minimum absolute atomic E-state index is 0.00407. The molecule has 0 radical (unpaired) electrons. The molecule has 3 heterocycles. The molecule has 33 heavy (non-hydrogen) atoms. The van der Waals surface area contributed by atoms with Gasteiger partial charge >= 0.3 is 6.18 Å². The predicted molar refractivity (Wildman–Crippen MR) is 106 cm³/mol. The van der Waals surface area contributed by atoms with E-state index in [1.807, 2.05) is 0 Å². The molecule has 2 aromatic heterocycles. The molecule has 8 nitrogen and oxygen atoms in total. The number of rotatable bonds is 4. The van der Waals surface area contributed by atoms with Crippen molar-refractivity contribution in [2.75, 3.05) is 11.9 Å². The number of alkyl halides is 3. The average Bonchev–Trinajstić information content (AvgIpc) is 3.14. The first-order valence-electron chi connectivity index (χ1n) is 10.4. The van der Waals surface area contributed by atoms with Gasteiger partial charge in [-0.15, -0.1) is 4.80 Å². The number of benzene rings is 1. The fourth-order valence-electron chi connectivity index (χ4n) is 5.47. The van der Waals surface area contributed by atoms with E-state index in [9.17, 15) is 22.4 Å². The summed E-state index contributed by atoms with van der Waals surface area (Å²) in [5.74, 6) is -0.364. The third-order valence-electron chi connectivity index (χ3n) is 6.97. The highest BCUT2D eigenvalue weighted by Crippen LogP contribution is 2.71. The fraction of sp³-hybridized carbons (Fsp3) is 0.381. The molecule has 0 bridgehead atoms. The summed E-state index contributed by atoms with van der Waals surface area (Å²) in [5, 5.41) is 11.1. The normalized spacial score (nSPS) is 27.5. The van der Waals surface area contributed by atoms with Crippen LogP contribution in [0.1, 0.15) is 28.9 Å². The Morgan fingerprint density at radius 3 is 2.61 bits per heavy atom. The maximum Gasteiger partial charge on any atom is 0.434 e. The van der Waals surface area contributed by atoms with Gasteiger partial charge in [-0.1, -0.05) is 6.07 Å². The summed E-state index contributed by atoms with van der Waals surface area (Å²) in [7, 11) is 0. The summed E-state index contributed by atoms with van der Waals surface area (Å²) in [5.41, 5.74) is -0.921. The molecule has 4 unspecified atom stereocenters. The van der Waals surface area contributed by atoms with Gasteiger partial charge in [-0.05, 0) is 36.3 Å². The number of carbonyl (C=O) groups is 1. The van der Waals surface area contributed by atoms with Crippen LogP contribution in [0.25, 0.3) is 5.69 Å². The van der Waals surface area contributed by atoms with Crippen LogP contribution in [-0.2, 0) is 6.18 Å². The predicted octanol–water partition coefficient (Wildman–Crippen LogP) is 2.93. The van der Waals surface area contributed by atoms with E-state index >= 15 is 0 Å². The van der Waals surface area contributed by atoms with Crippen LogP contribution >= 0.6 is 0 Å². The third kappa shape index (κ3) is 3.00. The lowest BCUT2D eigenvalue weighted by atomic mass is 9.71. The van der Waals surface area contributed by atoms with Gasteiger partial charge in [-0.2, -0.15) is 23.4 Å². The molecule has 1 aromatic carbocycles.